The fraction of sp³-hybridized carbons (Fsp3) is 0.800. The van der Waals surface area contributed by atoms with E-state index in [2.05, 4.69) is 25.7 Å². The summed E-state index contributed by atoms with van der Waals surface area (Å²) >= 11 is 0. The highest BCUT2D eigenvalue weighted by Crippen LogP contribution is 2.12. The topological polar surface area (TPSA) is 0 Å². The lowest BCUT2D eigenvalue weighted by atomic mass is 10.0. The maximum atomic E-state index is 3.76. The minimum absolute atomic E-state index is 1.20. The Morgan fingerprint density at radius 2 is 0.950 bits per heavy atom. The second kappa shape index (κ2) is 18.5. The van der Waals surface area contributed by atoms with Crippen LogP contribution in [0.2, 0.25) is 0 Å². The van der Waals surface area contributed by atoms with Crippen LogP contribution in [0.5, 0.6) is 0 Å². The normalized spacial score (nSPS) is 11.2. The zero-order valence-corrected chi connectivity index (χ0v) is 14.0. The molecular formula is C20H38. The van der Waals surface area contributed by atoms with Crippen LogP contribution in [0, 0.1) is 0 Å². The standard InChI is InChI=1S/C20H38/c1-3-5-7-9-11-13-15-17-19-20-18-16-14-12-10-8-6-4-2/h3,10,12H,1,4-9,11,13-20H2,2H3. The highest BCUT2D eigenvalue weighted by molar-refractivity contribution is 4.81. The molecule has 0 rings (SSSR count). The van der Waals surface area contributed by atoms with Crippen molar-refractivity contribution in [2.45, 2.75) is 103 Å². The lowest BCUT2D eigenvalue weighted by molar-refractivity contribution is 0.553. The molecule has 0 aliphatic heterocycles. The smallest absolute Gasteiger partial charge is 0.0351 e. The highest BCUT2D eigenvalue weighted by atomic mass is 14.0. The first kappa shape index (κ1) is 19.5. The minimum atomic E-state index is 1.20. The van der Waals surface area contributed by atoms with E-state index in [0.29, 0.717) is 0 Å². The van der Waals surface area contributed by atoms with Crippen LogP contribution in [0.3, 0.4) is 0 Å². The van der Waals surface area contributed by atoms with E-state index in [9.17, 15) is 0 Å². The van der Waals surface area contributed by atoms with Crippen molar-refractivity contribution in [2.24, 2.45) is 0 Å². The second-order valence-corrected chi connectivity index (χ2v) is 6.02. The van der Waals surface area contributed by atoms with Crippen LogP contribution >= 0.6 is 0 Å². The number of hydrogen-bond donors (Lipinski definition) is 0. The van der Waals surface area contributed by atoms with Crippen LogP contribution in [-0.4, -0.2) is 0 Å². The molecule has 20 heavy (non-hydrogen) atoms. The van der Waals surface area contributed by atoms with Crippen molar-refractivity contribution in [1.82, 2.24) is 0 Å². The SMILES string of the molecule is C=CCCCCCCCCCCCCC=CCCCC. The van der Waals surface area contributed by atoms with Gasteiger partial charge in [0.05, 0.1) is 0 Å². The number of rotatable bonds is 16. The number of allylic oxidation sites excluding steroid dienone is 3. The predicted molar refractivity (Wildman–Crippen MR) is 94.3 cm³/mol. The van der Waals surface area contributed by atoms with E-state index in [1.807, 2.05) is 6.08 Å². The zero-order chi connectivity index (χ0) is 14.7. The molecule has 0 bridgehead atoms. The molecule has 0 unspecified atom stereocenters. The molecule has 0 atom stereocenters. The number of hydrogen-bond acceptors (Lipinski definition) is 0. The molecular weight excluding hydrogens is 240 g/mol. The summed E-state index contributed by atoms with van der Waals surface area (Å²) in [4.78, 5) is 0. The molecule has 118 valence electrons. The average molecular weight is 279 g/mol. The molecule has 0 aliphatic carbocycles. The summed E-state index contributed by atoms with van der Waals surface area (Å²) in [5.74, 6) is 0. The summed E-state index contributed by atoms with van der Waals surface area (Å²) in [6.07, 6.45) is 27.5. The van der Waals surface area contributed by atoms with Gasteiger partial charge in [0.15, 0.2) is 0 Å². The first-order chi connectivity index (χ1) is 9.91. The molecule has 0 aliphatic rings. The Balaban J connectivity index is 2.99. The van der Waals surface area contributed by atoms with Crippen LogP contribution in [0.25, 0.3) is 0 Å². The molecule has 0 radical (unpaired) electrons. The van der Waals surface area contributed by atoms with E-state index in [1.165, 1.54) is 96.3 Å². The van der Waals surface area contributed by atoms with Gasteiger partial charge >= 0.3 is 0 Å². The van der Waals surface area contributed by atoms with Crippen molar-refractivity contribution in [3.05, 3.63) is 24.8 Å². The summed E-state index contributed by atoms with van der Waals surface area (Å²) in [7, 11) is 0. The van der Waals surface area contributed by atoms with E-state index in [-0.39, 0.29) is 0 Å². The van der Waals surface area contributed by atoms with E-state index in [4.69, 9.17) is 0 Å². The van der Waals surface area contributed by atoms with Crippen LogP contribution in [0.4, 0.5) is 0 Å². The van der Waals surface area contributed by atoms with Crippen molar-refractivity contribution in [3.8, 4) is 0 Å². The molecule has 0 nitrogen and oxygen atoms in total. The third kappa shape index (κ3) is 17.5. The molecule has 0 aromatic carbocycles. The molecule has 0 amide bonds. The average Bonchev–Trinajstić information content (AvgIpc) is 2.47. The predicted octanol–water partition coefficient (Wildman–Crippen LogP) is 7.60. The first-order valence-electron chi connectivity index (χ1n) is 9.17. The van der Waals surface area contributed by atoms with Crippen LogP contribution in [0.15, 0.2) is 24.8 Å². The molecule has 0 aromatic heterocycles. The molecule has 0 N–H and O–H groups in total. The van der Waals surface area contributed by atoms with Crippen molar-refractivity contribution in [3.63, 3.8) is 0 Å². The third-order valence-corrected chi connectivity index (χ3v) is 3.92. The van der Waals surface area contributed by atoms with Gasteiger partial charge in [0.25, 0.3) is 0 Å². The first-order valence-corrected chi connectivity index (χ1v) is 9.17. The van der Waals surface area contributed by atoms with Gasteiger partial charge in [-0.15, -0.1) is 6.58 Å². The van der Waals surface area contributed by atoms with Gasteiger partial charge in [-0.1, -0.05) is 89.4 Å². The Bertz CT molecular complexity index is 202. The van der Waals surface area contributed by atoms with Crippen molar-refractivity contribution >= 4 is 0 Å². The van der Waals surface area contributed by atoms with Crippen molar-refractivity contribution in [2.75, 3.05) is 0 Å². The Morgan fingerprint density at radius 1 is 0.550 bits per heavy atom. The van der Waals surface area contributed by atoms with Gasteiger partial charge in [0.2, 0.25) is 0 Å². The zero-order valence-electron chi connectivity index (χ0n) is 14.0. The molecule has 0 heterocycles. The molecule has 0 saturated carbocycles. The molecule has 0 spiro atoms. The van der Waals surface area contributed by atoms with E-state index in [1.54, 1.807) is 0 Å². The van der Waals surface area contributed by atoms with Gasteiger partial charge < -0.3 is 0 Å². The van der Waals surface area contributed by atoms with Crippen LogP contribution in [-0.2, 0) is 0 Å². The minimum Gasteiger partial charge on any atom is -0.103 e. The highest BCUT2D eigenvalue weighted by Gasteiger charge is 1.92. The van der Waals surface area contributed by atoms with Gasteiger partial charge in [0, 0.05) is 0 Å². The maximum absolute atomic E-state index is 3.76. The van der Waals surface area contributed by atoms with Crippen LogP contribution < -0.4 is 0 Å². The monoisotopic (exact) mass is 278 g/mol. The largest absolute Gasteiger partial charge is 0.103 e. The van der Waals surface area contributed by atoms with Crippen molar-refractivity contribution in [1.29, 1.82) is 0 Å². The Hall–Kier alpha value is -0.520. The lowest BCUT2D eigenvalue weighted by Gasteiger charge is -2.01. The molecule has 0 heteroatoms. The molecule has 0 saturated heterocycles. The quantitative estimate of drug-likeness (QED) is 0.201. The van der Waals surface area contributed by atoms with Gasteiger partial charge in [-0.05, 0) is 32.1 Å². The second-order valence-electron chi connectivity index (χ2n) is 6.02. The third-order valence-electron chi connectivity index (χ3n) is 3.92. The maximum Gasteiger partial charge on any atom is -0.0351 e. The Labute approximate surface area is 128 Å². The van der Waals surface area contributed by atoms with Gasteiger partial charge in [-0.2, -0.15) is 0 Å². The summed E-state index contributed by atoms with van der Waals surface area (Å²) in [6.45, 7) is 6.02. The summed E-state index contributed by atoms with van der Waals surface area (Å²) in [6, 6.07) is 0. The lowest BCUT2D eigenvalue weighted by Crippen LogP contribution is -1.82. The summed E-state index contributed by atoms with van der Waals surface area (Å²) < 4.78 is 0. The molecule has 0 aromatic rings. The number of unbranched alkanes of at least 4 members (excludes halogenated alkanes) is 13. The van der Waals surface area contributed by atoms with Crippen molar-refractivity contribution < 1.29 is 0 Å². The van der Waals surface area contributed by atoms with E-state index in [0.717, 1.165) is 0 Å². The fourth-order valence-corrected chi connectivity index (χ4v) is 2.52. The van der Waals surface area contributed by atoms with Gasteiger partial charge in [-0.25, -0.2) is 0 Å². The van der Waals surface area contributed by atoms with Gasteiger partial charge in [-0.3, -0.25) is 0 Å². The Kier molecular flexibility index (Phi) is 18.0. The van der Waals surface area contributed by atoms with Gasteiger partial charge in [0.1, 0.15) is 0 Å². The van der Waals surface area contributed by atoms with E-state index < -0.39 is 0 Å². The summed E-state index contributed by atoms with van der Waals surface area (Å²) in [5.41, 5.74) is 0. The summed E-state index contributed by atoms with van der Waals surface area (Å²) in [5, 5.41) is 0. The van der Waals surface area contributed by atoms with E-state index >= 15 is 0 Å². The Morgan fingerprint density at radius 3 is 1.40 bits per heavy atom. The van der Waals surface area contributed by atoms with Crippen LogP contribution in [0.1, 0.15) is 103 Å². The fourth-order valence-electron chi connectivity index (χ4n) is 2.52. The molecule has 0 fully saturated rings.